The molecule has 0 aliphatic carbocycles. The van der Waals surface area contributed by atoms with Crippen molar-refractivity contribution in [3.63, 3.8) is 0 Å². The van der Waals surface area contributed by atoms with Gasteiger partial charge in [-0.1, -0.05) is 31.1 Å². The smallest absolute Gasteiger partial charge is 0.302 e. The van der Waals surface area contributed by atoms with Crippen LogP contribution in [-0.2, 0) is 9.53 Å². The van der Waals surface area contributed by atoms with Gasteiger partial charge in [0.2, 0.25) is 0 Å². The molecule has 0 bridgehead atoms. The zero-order chi connectivity index (χ0) is 11.7. The first kappa shape index (κ1) is 13.5. The molecule has 0 saturated heterocycles. The summed E-state index contributed by atoms with van der Waals surface area (Å²) in [6, 6.07) is 0. The van der Waals surface area contributed by atoms with Crippen molar-refractivity contribution in [2.45, 2.75) is 20.8 Å². The van der Waals surface area contributed by atoms with Crippen LogP contribution < -0.4 is 0 Å². The van der Waals surface area contributed by atoms with E-state index >= 15 is 0 Å². The van der Waals surface area contributed by atoms with E-state index in [0.717, 1.165) is 0 Å². The lowest BCUT2D eigenvalue weighted by Gasteiger charge is -2.09. The minimum absolute atomic E-state index is 0.0350. The number of hydrogen-bond donors (Lipinski definition) is 0. The summed E-state index contributed by atoms with van der Waals surface area (Å²) in [6.45, 7) is 6.03. The number of azide groups is 1. The molecule has 0 radical (unpaired) electrons. The Hall–Kier alpha value is -1.48. The minimum Gasteiger partial charge on any atom is -0.465 e. The maximum absolute atomic E-state index is 10.6. The Morgan fingerprint density at radius 3 is 2.67 bits per heavy atom. The summed E-state index contributed by atoms with van der Waals surface area (Å²) < 4.78 is 4.86. The van der Waals surface area contributed by atoms with E-state index in [1.807, 2.05) is 26.0 Å². The third kappa shape index (κ3) is 8.84. The summed E-state index contributed by atoms with van der Waals surface area (Å²) in [6.07, 6.45) is 3.92. The third-order valence-electron chi connectivity index (χ3n) is 1.65. The van der Waals surface area contributed by atoms with Gasteiger partial charge in [-0.2, -0.15) is 0 Å². The van der Waals surface area contributed by atoms with Crippen molar-refractivity contribution in [2.24, 2.45) is 17.0 Å². The van der Waals surface area contributed by atoms with E-state index in [-0.39, 0.29) is 18.5 Å². The summed E-state index contributed by atoms with van der Waals surface area (Å²) in [5.41, 5.74) is 8.20. The van der Waals surface area contributed by atoms with Crippen molar-refractivity contribution >= 4 is 5.97 Å². The molecule has 0 aromatic rings. The Labute approximate surface area is 89.7 Å². The van der Waals surface area contributed by atoms with Crippen LogP contribution in [0.2, 0.25) is 0 Å². The second-order valence-corrected chi connectivity index (χ2v) is 3.61. The normalized spacial score (nSPS) is 12.5. The molecular weight excluding hydrogens is 194 g/mol. The van der Waals surface area contributed by atoms with E-state index in [9.17, 15) is 4.79 Å². The van der Waals surface area contributed by atoms with Gasteiger partial charge in [0.15, 0.2) is 0 Å². The average Bonchev–Trinajstić information content (AvgIpc) is 2.16. The van der Waals surface area contributed by atoms with Gasteiger partial charge in [0.05, 0.1) is 6.61 Å². The average molecular weight is 211 g/mol. The van der Waals surface area contributed by atoms with E-state index in [4.69, 9.17) is 10.3 Å². The first-order chi connectivity index (χ1) is 7.06. The van der Waals surface area contributed by atoms with E-state index in [1.54, 1.807) is 0 Å². The van der Waals surface area contributed by atoms with Crippen LogP contribution in [0.15, 0.2) is 17.3 Å². The van der Waals surface area contributed by atoms with Crippen molar-refractivity contribution in [1.29, 1.82) is 0 Å². The number of carbonyl (C=O) groups is 1. The summed E-state index contributed by atoms with van der Waals surface area (Å²) in [7, 11) is 0. The van der Waals surface area contributed by atoms with Crippen LogP contribution in [0, 0.1) is 11.8 Å². The van der Waals surface area contributed by atoms with E-state index in [2.05, 4.69) is 10.0 Å². The number of esters is 1. The number of carbonyl (C=O) groups excluding carboxylic acids is 1. The summed E-state index contributed by atoms with van der Waals surface area (Å²) in [5, 5.41) is 3.47. The Kier molecular flexibility index (Phi) is 7.10. The number of rotatable bonds is 6. The molecule has 0 aliphatic heterocycles. The van der Waals surface area contributed by atoms with Gasteiger partial charge >= 0.3 is 5.97 Å². The van der Waals surface area contributed by atoms with Crippen LogP contribution in [-0.4, -0.2) is 19.1 Å². The monoisotopic (exact) mass is 211 g/mol. The van der Waals surface area contributed by atoms with Gasteiger partial charge in [0.1, 0.15) is 0 Å². The van der Waals surface area contributed by atoms with Gasteiger partial charge in [0.25, 0.3) is 0 Å². The van der Waals surface area contributed by atoms with Gasteiger partial charge in [-0.25, -0.2) is 0 Å². The second-order valence-electron chi connectivity index (χ2n) is 3.61. The Balaban J connectivity index is 4.16. The fourth-order valence-electron chi connectivity index (χ4n) is 0.914. The van der Waals surface area contributed by atoms with E-state index in [1.165, 1.54) is 6.92 Å². The number of hydrogen-bond acceptors (Lipinski definition) is 3. The molecule has 0 amide bonds. The molecule has 0 unspecified atom stereocenters. The molecule has 1 atom stereocenters. The molecule has 84 valence electrons. The molecule has 0 spiro atoms. The lowest BCUT2D eigenvalue weighted by molar-refractivity contribution is -0.141. The maximum Gasteiger partial charge on any atom is 0.302 e. The Bertz CT molecular complexity index is 268. The fraction of sp³-hybridized carbons (Fsp3) is 0.700. The van der Waals surface area contributed by atoms with Crippen LogP contribution in [0.25, 0.3) is 10.4 Å². The Morgan fingerprint density at radius 1 is 1.53 bits per heavy atom. The highest BCUT2D eigenvalue weighted by Gasteiger charge is 2.05. The fourth-order valence-corrected chi connectivity index (χ4v) is 0.914. The number of ether oxygens (including phenoxy) is 1. The quantitative estimate of drug-likeness (QED) is 0.223. The van der Waals surface area contributed by atoms with Gasteiger partial charge in [-0.15, -0.1) is 0 Å². The van der Waals surface area contributed by atoms with Crippen molar-refractivity contribution in [3.05, 3.63) is 22.6 Å². The molecule has 0 aliphatic rings. The van der Waals surface area contributed by atoms with Gasteiger partial charge in [-0.3, -0.25) is 4.79 Å². The van der Waals surface area contributed by atoms with Gasteiger partial charge in [-0.05, 0) is 11.4 Å². The maximum atomic E-state index is 10.6. The number of allylic oxidation sites excluding steroid dienone is 1. The molecule has 5 heteroatoms. The van der Waals surface area contributed by atoms with E-state index < -0.39 is 0 Å². The first-order valence-electron chi connectivity index (χ1n) is 4.88. The zero-order valence-corrected chi connectivity index (χ0v) is 9.38. The third-order valence-corrected chi connectivity index (χ3v) is 1.65. The molecule has 0 heterocycles. The standard InChI is InChI=1S/C10H17N3O2/c1-8(2)4-5-10(6-12-13-11)7-15-9(3)14/h4-5,8,10H,6-7H2,1-3H3/b5-4+/t10-/m1/s1. The van der Waals surface area contributed by atoms with Crippen molar-refractivity contribution < 1.29 is 9.53 Å². The highest BCUT2D eigenvalue weighted by Crippen LogP contribution is 2.05. The first-order valence-corrected chi connectivity index (χ1v) is 4.88. The van der Waals surface area contributed by atoms with Gasteiger partial charge < -0.3 is 4.74 Å². The van der Waals surface area contributed by atoms with Crippen molar-refractivity contribution in [2.75, 3.05) is 13.2 Å². The highest BCUT2D eigenvalue weighted by molar-refractivity contribution is 5.65. The van der Waals surface area contributed by atoms with Crippen LogP contribution in [0.4, 0.5) is 0 Å². The molecule has 0 fully saturated rings. The molecule has 0 saturated carbocycles. The van der Waals surface area contributed by atoms with Crippen LogP contribution in [0.3, 0.4) is 0 Å². The summed E-state index contributed by atoms with van der Waals surface area (Å²) in [5.74, 6) is 0.0713. The van der Waals surface area contributed by atoms with Crippen molar-refractivity contribution in [3.8, 4) is 0 Å². The SMILES string of the molecule is CC(=O)OC[C@H](/C=C/C(C)C)CN=[N+]=[N-]. The number of nitrogens with zero attached hydrogens (tertiary/aromatic N) is 3. The molecule has 0 rings (SSSR count). The minimum atomic E-state index is -0.320. The van der Waals surface area contributed by atoms with Crippen LogP contribution >= 0.6 is 0 Å². The zero-order valence-electron chi connectivity index (χ0n) is 9.38. The lowest BCUT2D eigenvalue weighted by Crippen LogP contribution is -2.13. The highest BCUT2D eigenvalue weighted by atomic mass is 16.5. The van der Waals surface area contributed by atoms with Crippen LogP contribution in [0.1, 0.15) is 20.8 Å². The Morgan fingerprint density at radius 2 is 2.20 bits per heavy atom. The molecule has 0 aromatic heterocycles. The topological polar surface area (TPSA) is 75.1 Å². The summed E-state index contributed by atoms with van der Waals surface area (Å²) in [4.78, 5) is 13.3. The van der Waals surface area contributed by atoms with Crippen molar-refractivity contribution in [1.82, 2.24) is 0 Å². The molecule has 5 nitrogen and oxygen atoms in total. The summed E-state index contributed by atoms with van der Waals surface area (Å²) >= 11 is 0. The molecule has 15 heavy (non-hydrogen) atoms. The van der Waals surface area contributed by atoms with Crippen LogP contribution in [0.5, 0.6) is 0 Å². The largest absolute Gasteiger partial charge is 0.465 e. The lowest BCUT2D eigenvalue weighted by atomic mass is 10.1. The molecule has 0 aromatic carbocycles. The van der Waals surface area contributed by atoms with Gasteiger partial charge in [0, 0.05) is 24.3 Å². The second kappa shape index (κ2) is 7.88. The molecule has 0 N–H and O–H groups in total. The van der Waals surface area contributed by atoms with E-state index in [0.29, 0.717) is 12.5 Å². The predicted molar refractivity (Wildman–Crippen MR) is 58.1 cm³/mol. The molecular formula is C10H17N3O2. The predicted octanol–water partition coefficient (Wildman–Crippen LogP) is 2.69.